The summed E-state index contributed by atoms with van der Waals surface area (Å²) in [5.74, 6) is 0. The van der Waals surface area contributed by atoms with Crippen LogP contribution in [-0.4, -0.2) is 33.3 Å². The number of hydrogen-bond acceptors (Lipinski definition) is 3. The molecule has 0 N–H and O–H groups in total. The molecule has 5 heteroatoms. The zero-order chi connectivity index (χ0) is 18.5. The first-order chi connectivity index (χ1) is 11.6. The summed E-state index contributed by atoms with van der Waals surface area (Å²) in [6.45, 7) is 7.69. The SMILES string of the molecule is CN1C(C)(C)C(P(=O)(c2ccccc2)c2ccccc2)=[N+]([O-])C1(C)C. The number of hydrogen-bond donors (Lipinski definition) is 0. The van der Waals surface area contributed by atoms with Crippen LogP contribution in [0.4, 0.5) is 0 Å². The number of nitrogens with zero attached hydrogens (tertiary/aromatic N) is 2. The minimum Gasteiger partial charge on any atom is -0.622 e. The van der Waals surface area contributed by atoms with Gasteiger partial charge in [0.2, 0.25) is 12.8 Å². The first-order valence-electron chi connectivity index (χ1n) is 8.45. The first kappa shape index (κ1) is 17.9. The van der Waals surface area contributed by atoms with Crippen LogP contribution in [0.3, 0.4) is 0 Å². The summed E-state index contributed by atoms with van der Waals surface area (Å²) in [4.78, 5) is 2.00. The lowest BCUT2D eigenvalue weighted by Crippen LogP contribution is -2.51. The van der Waals surface area contributed by atoms with E-state index in [-0.39, 0.29) is 0 Å². The molecule has 4 nitrogen and oxygen atoms in total. The monoisotopic (exact) mass is 356 g/mol. The van der Waals surface area contributed by atoms with Crippen molar-refractivity contribution in [3.63, 3.8) is 0 Å². The third-order valence-electron chi connectivity index (χ3n) is 5.43. The van der Waals surface area contributed by atoms with E-state index in [1.165, 1.54) is 0 Å². The lowest BCUT2D eigenvalue weighted by atomic mass is 10.0. The van der Waals surface area contributed by atoms with E-state index in [9.17, 15) is 9.77 Å². The van der Waals surface area contributed by atoms with Crippen LogP contribution in [0.2, 0.25) is 0 Å². The van der Waals surface area contributed by atoms with Gasteiger partial charge in [-0.05, 0) is 20.9 Å². The number of benzene rings is 2. The molecule has 25 heavy (non-hydrogen) atoms. The molecule has 0 aliphatic carbocycles. The van der Waals surface area contributed by atoms with Crippen LogP contribution in [0.5, 0.6) is 0 Å². The maximum Gasteiger partial charge on any atom is 0.251 e. The van der Waals surface area contributed by atoms with Gasteiger partial charge in [0, 0.05) is 24.5 Å². The van der Waals surface area contributed by atoms with E-state index in [4.69, 9.17) is 0 Å². The zero-order valence-electron chi connectivity index (χ0n) is 15.4. The Bertz CT molecular complexity index is 814. The summed E-state index contributed by atoms with van der Waals surface area (Å²) in [5.41, 5.74) is -0.963. The smallest absolute Gasteiger partial charge is 0.251 e. The molecule has 0 atom stereocenters. The van der Waals surface area contributed by atoms with E-state index >= 15 is 0 Å². The molecule has 0 unspecified atom stereocenters. The Morgan fingerprint density at radius 1 is 0.880 bits per heavy atom. The van der Waals surface area contributed by atoms with Crippen molar-refractivity contribution in [1.29, 1.82) is 0 Å². The second kappa shape index (κ2) is 5.82. The van der Waals surface area contributed by atoms with E-state index in [0.717, 1.165) is 4.74 Å². The van der Waals surface area contributed by atoms with Crippen molar-refractivity contribution in [1.82, 2.24) is 4.90 Å². The molecular formula is C20H25N2O2P. The van der Waals surface area contributed by atoms with Crippen molar-refractivity contribution in [3.8, 4) is 0 Å². The highest BCUT2D eigenvalue weighted by Crippen LogP contribution is 2.53. The number of hydroxylamine groups is 1. The third-order valence-corrected chi connectivity index (χ3v) is 8.81. The fraction of sp³-hybridized carbons (Fsp3) is 0.350. The van der Waals surface area contributed by atoms with E-state index in [2.05, 4.69) is 0 Å². The fourth-order valence-corrected chi connectivity index (χ4v) is 7.05. The Labute approximate surface area is 149 Å². The molecule has 0 radical (unpaired) electrons. The van der Waals surface area contributed by atoms with Crippen molar-refractivity contribution < 1.29 is 9.30 Å². The van der Waals surface area contributed by atoms with Gasteiger partial charge in [0.25, 0.3) is 5.45 Å². The molecule has 0 bridgehead atoms. The van der Waals surface area contributed by atoms with Gasteiger partial charge in [-0.3, -0.25) is 0 Å². The Balaban J connectivity index is 2.39. The summed E-state index contributed by atoms with van der Waals surface area (Å²) < 4.78 is 15.5. The third kappa shape index (κ3) is 2.47. The second-order valence-electron chi connectivity index (χ2n) is 7.51. The molecule has 2 aromatic carbocycles. The summed E-state index contributed by atoms with van der Waals surface area (Å²) in [6, 6.07) is 18.7. The summed E-state index contributed by atoms with van der Waals surface area (Å²) in [5, 5.41) is 14.7. The van der Waals surface area contributed by atoms with Crippen LogP contribution in [0.25, 0.3) is 0 Å². The Kier molecular flexibility index (Phi) is 4.17. The van der Waals surface area contributed by atoms with Gasteiger partial charge in [-0.15, -0.1) is 0 Å². The molecular weight excluding hydrogens is 331 g/mol. The van der Waals surface area contributed by atoms with E-state index in [1.54, 1.807) is 0 Å². The van der Waals surface area contributed by atoms with E-state index in [1.807, 2.05) is 100 Å². The highest BCUT2D eigenvalue weighted by atomic mass is 31.2. The lowest BCUT2D eigenvalue weighted by Gasteiger charge is -2.33. The van der Waals surface area contributed by atoms with Crippen molar-refractivity contribution in [2.24, 2.45) is 0 Å². The van der Waals surface area contributed by atoms with E-state index < -0.39 is 18.3 Å². The zero-order valence-corrected chi connectivity index (χ0v) is 16.3. The van der Waals surface area contributed by atoms with Crippen molar-refractivity contribution in [3.05, 3.63) is 65.9 Å². The van der Waals surface area contributed by atoms with Crippen LogP contribution in [0.15, 0.2) is 60.7 Å². The van der Waals surface area contributed by atoms with Gasteiger partial charge in [-0.2, -0.15) is 4.74 Å². The maximum absolute atomic E-state index is 14.6. The largest absolute Gasteiger partial charge is 0.622 e. The minimum atomic E-state index is -3.28. The predicted molar refractivity (Wildman–Crippen MR) is 104 cm³/mol. The molecule has 2 aromatic rings. The average Bonchev–Trinajstić information content (AvgIpc) is 2.73. The fourth-order valence-electron chi connectivity index (χ4n) is 3.66. The number of rotatable bonds is 3. The van der Waals surface area contributed by atoms with Crippen LogP contribution in [0, 0.1) is 5.21 Å². The molecule has 132 valence electrons. The molecule has 1 aliphatic heterocycles. The highest BCUT2D eigenvalue weighted by Gasteiger charge is 2.61. The second-order valence-corrected chi connectivity index (χ2v) is 10.2. The van der Waals surface area contributed by atoms with Gasteiger partial charge in [0.05, 0.1) is 0 Å². The normalized spacial score (nSPS) is 20.0. The Hall–Kier alpha value is -1.90. The molecule has 0 amide bonds. The van der Waals surface area contributed by atoms with Gasteiger partial charge in [-0.25, -0.2) is 4.90 Å². The molecule has 3 rings (SSSR count). The van der Waals surface area contributed by atoms with Crippen LogP contribution in [0.1, 0.15) is 27.7 Å². The summed E-state index contributed by atoms with van der Waals surface area (Å²) in [7, 11) is -1.36. The Morgan fingerprint density at radius 3 is 1.60 bits per heavy atom. The van der Waals surface area contributed by atoms with Crippen molar-refractivity contribution >= 4 is 23.2 Å². The average molecular weight is 356 g/mol. The lowest BCUT2D eigenvalue weighted by molar-refractivity contribution is -0.555. The summed E-state index contributed by atoms with van der Waals surface area (Å²) >= 11 is 0. The molecule has 0 saturated heterocycles. The maximum atomic E-state index is 14.6. The van der Waals surface area contributed by atoms with Gasteiger partial charge >= 0.3 is 0 Å². The predicted octanol–water partition coefficient (Wildman–Crippen LogP) is 3.37. The van der Waals surface area contributed by atoms with E-state index in [0.29, 0.717) is 16.1 Å². The van der Waals surface area contributed by atoms with Gasteiger partial charge < -0.3 is 9.77 Å². The summed E-state index contributed by atoms with van der Waals surface area (Å²) in [6.07, 6.45) is 0. The van der Waals surface area contributed by atoms with Gasteiger partial charge in [-0.1, -0.05) is 60.7 Å². The molecule has 1 heterocycles. The quantitative estimate of drug-likeness (QED) is 0.481. The van der Waals surface area contributed by atoms with Crippen molar-refractivity contribution in [2.75, 3.05) is 7.05 Å². The first-order valence-corrected chi connectivity index (χ1v) is 10.2. The standard InChI is InChI=1S/C20H25N2O2P/c1-19(2)18(22(23)20(3,4)21(19)5)25(24,16-12-8-6-9-13-16)17-14-10-7-11-15-17/h6-15H,1-5H3. The Morgan fingerprint density at radius 2 is 1.28 bits per heavy atom. The molecule has 0 spiro atoms. The van der Waals surface area contributed by atoms with Crippen LogP contribution >= 0.6 is 7.14 Å². The van der Waals surface area contributed by atoms with Crippen LogP contribution < -0.4 is 10.6 Å². The molecule has 0 fully saturated rings. The van der Waals surface area contributed by atoms with Crippen molar-refractivity contribution in [2.45, 2.75) is 38.9 Å². The minimum absolute atomic E-state index is 0.435. The molecule has 0 aromatic heterocycles. The molecule has 1 aliphatic rings. The van der Waals surface area contributed by atoms with Gasteiger partial charge in [0.1, 0.15) is 5.54 Å². The van der Waals surface area contributed by atoms with Crippen LogP contribution in [-0.2, 0) is 4.57 Å². The highest BCUT2D eigenvalue weighted by molar-refractivity contribution is 7.93. The van der Waals surface area contributed by atoms with Gasteiger partial charge in [0.15, 0.2) is 0 Å². The topological polar surface area (TPSA) is 46.4 Å². The molecule has 0 saturated carbocycles.